The summed E-state index contributed by atoms with van der Waals surface area (Å²) >= 11 is 8.85. The van der Waals surface area contributed by atoms with Gasteiger partial charge in [-0.3, -0.25) is 14.2 Å². The molecule has 0 spiro atoms. The smallest absolute Gasteiger partial charge is 0.272 e. The van der Waals surface area contributed by atoms with Crippen molar-refractivity contribution in [1.29, 1.82) is 0 Å². The van der Waals surface area contributed by atoms with E-state index in [0.717, 1.165) is 11.1 Å². The standard InChI is InChI=1S/C23H20ClN3O2S2/c1-15-7-8-18(17(24)13-15)25-20(28)14-31-23-26-19-10-12-30-21(19)22(29)27(23)11-9-16-5-3-2-4-6-16/h2-8,10,12-13H,9,11,14H2,1H3,(H,25,28). The minimum Gasteiger partial charge on any atom is -0.324 e. The Balaban J connectivity index is 1.53. The van der Waals surface area contributed by atoms with Crippen LogP contribution in [0.25, 0.3) is 10.2 Å². The lowest BCUT2D eigenvalue weighted by Gasteiger charge is -2.12. The Morgan fingerprint density at radius 3 is 2.77 bits per heavy atom. The summed E-state index contributed by atoms with van der Waals surface area (Å²) in [6, 6.07) is 17.3. The van der Waals surface area contributed by atoms with Gasteiger partial charge >= 0.3 is 0 Å². The minimum absolute atomic E-state index is 0.0691. The Morgan fingerprint density at radius 1 is 1.19 bits per heavy atom. The number of carbonyl (C=O) groups excluding carboxylic acids is 1. The molecule has 0 unspecified atom stereocenters. The molecule has 4 aromatic rings. The van der Waals surface area contributed by atoms with E-state index < -0.39 is 0 Å². The van der Waals surface area contributed by atoms with Crippen molar-refractivity contribution < 1.29 is 4.79 Å². The predicted molar refractivity (Wildman–Crippen MR) is 130 cm³/mol. The average molecular weight is 470 g/mol. The van der Waals surface area contributed by atoms with Crippen LogP contribution in [0, 0.1) is 6.92 Å². The molecule has 158 valence electrons. The Kier molecular flexibility index (Phi) is 6.75. The monoisotopic (exact) mass is 469 g/mol. The zero-order valence-electron chi connectivity index (χ0n) is 16.8. The molecule has 2 heterocycles. The van der Waals surface area contributed by atoms with Crippen LogP contribution in [0.3, 0.4) is 0 Å². The number of rotatable bonds is 7. The van der Waals surface area contributed by atoms with E-state index in [9.17, 15) is 9.59 Å². The Bertz CT molecular complexity index is 1290. The van der Waals surface area contributed by atoms with Crippen molar-refractivity contribution >= 4 is 56.5 Å². The van der Waals surface area contributed by atoms with E-state index in [0.29, 0.717) is 39.0 Å². The fourth-order valence-corrected chi connectivity index (χ4v) is 5.04. The highest BCUT2D eigenvalue weighted by Gasteiger charge is 2.15. The molecule has 8 heteroatoms. The molecule has 2 aromatic carbocycles. The Hall–Kier alpha value is -2.61. The lowest BCUT2D eigenvalue weighted by atomic mass is 10.1. The van der Waals surface area contributed by atoms with Crippen LogP contribution in [0.1, 0.15) is 11.1 Å². The van der Waals surface area contributed by atoms with Crippen molar-refractivity contribution in [3.05, 3.63) is 86.5 Å². The Labute approximate surface area is 193 Å². The molecule has 0 aliphatic rings. The van der Waals surface area contributed by atoms with Crippen LogP contribution in [-0.2, 0) is 17.8 Å². The zero-order valence-corrected chi connectivity index (χ0v) is 19.2. The molecule has 0 saturated carbocycles. The number of amides is 1. The van der Waals surface area contributed by atoms with Gasteiger partial charge in [0.25, 0.3) is 5.56 Å². The van der Waals surface area contributed by atoms with E-state index in [2.05, 4.69) is 10.3 Å². The topological polar surface area (TPSA) is 64.0 Å². The highest BCUT2D eigenvalue weighted by atomic mass is 35.5. The first-order valence-corrected chi connectivity index (χ1v) is 12.0. The van der Waals surface area contributed by atoms with Crippen LogP contribution < -0.4 is 10.9 Å². The van der Waals surface area contributed by atoms with Crippen LogP contribution in [-0.4, -0.2) is 21.2 Å². The first kappa shape index (κ1) is 21.6. The Morgan fingerprint density at radius 2 is 2.00 bits per heavy atom. The number of aromatic nitrogens is 2. The number of nitrogens with one attached hydrogen (secondary N) is 1. The number of carbonyl (C=O) groups is 1. The van der Waals surface area contributed by atoms with Gasteiger partial charge in [0, 0.05) is 6.54 Å². The number of halogens is 1. The number of anilines is 1. The fraction of sp³-hybridized carbons (Fsp3) is 0.174. The van der Waals surface area contributed by atoms with Crippen molar-refractivity contribution in [2.24, 2.45) is 0 Å². The largest absolute Gasteiger partial charge is 0.324 e. The van der Waals surface area contributed by atoms with Crippen molar-refractivity contribution in [1.82, 2.24) is 9.55 Å². The molecule has 4 rings (SSSR count). The van der Waals surface area contributed by atoms with Gasteiger partial charge in [-0.15, -0.1) is 11.3 Å². The summed E-state index contributed by atoms with van der Waals surface area (Å²) < 4.78 is 2.30. The third-order valence-electron chi connectivity index (χ3n) is 4.73. The van der Waals surface area contributed by atoms with Crippen molar-refractivity contribution in [2.75, 3.05) is 11.1 Å². The number of fused-ring (bicyclic) bond motifs is 1. The second-order valence-corrected chi connectivity index (χ2v) is 9.31. The molecule has 1 N–H and O–H groups in total. The maximum absolute atomic E-state index is 13.0. The summed E-state index contributed by atoms with van der Waals surface area (Å²) in [5.74, 6) is -0.0810. The van der Waals surface area contributed by atoms with Gasteiger partial charge in [-0.05, 0) is 48.1 Å². The highest BCUT2D eigenvalue weighted by molar-refractivity contribution is 7.99. The van der Waals surface area contributed by atoms with E-state index in [1.54, 1.807) is 16.7 Å². The van der Waals surface area contributed by atoms with Gasteiger partial charge in [0.1, 0.15) is 4.70 Å². The molecule has 0 fully saturated rings. The number of benzene rings is 2. The third kappa shape index (κ3) is 5.18. The molecule has 0 bridgehead atoms. The van der Waals surface area contributed by atoms with Gasteiger partial charge in [0.05, 0.1) is 22.0 Å². The lowest BCUT2D eigenvalue weighted by molar-refractivity contribution is -0.113. The summed E-state index contributed by atoms with van der Waals surface area (Å²) in [4.78, 5) is 30.2. The summed E-state index contributed by atoms with van der Waals surface area (Å²) in [5, 5.41) is 5.72. The molecule has 5 nitrogen and oxygen atoms in total. The number of hydrogen-bond acceptors (Lipinski definition) is 5. The number of thiophene rings is 1. The van der Waals surface area contributed by atoms with Gasteiger partial charge < -0.3 is 5.32 Å². The van der Waals surface area contributed by atoms with Crippen LogP contribution in [0.15, 0.2) is 69.9 Å². The van der Waals surface area contributed by atoms with Crippen molar-refractivity contribution in [3.8, 4) is 0 Å². The van der Waals surface area contributed by atoms with E-state index in [1.807, 2.05) is 54.8 Å². The molecule has 0 aliphatic carbocycles. The first-order valence-electron chi connectivity index (χ1n) is 9.72. The zero-order chi connectivity index (χ0) is 21.8. The SMILES string of the molecule is Cc1ccc(NC(=O)CSc2nc3ccsc3c(=O)n2CCc2ccccc2)c(Cl)c1. The summed E-state index contributed by atoms with van der Waals surface area (Å²) in [6.45, 7) is 2.44. The van der Waals surface area contributed by atoms with E-state index in [-0.39, 0.29) is 17.2 Å². The molecular formula is C23H20ClN3O2S2. The van der Waals surface area contributed by atoms with Crippen LogP contribution in [0.5, 0.6) is 0 Å². The van der Waals surface area contributed by atoms with E-state index >= 15 is 0 Å². The third-order valence-corrected chi connectivity index (χ3v) is 6.91. The number of thioether (sulfide) groups is 1. The molecular weight excluding hydrogens is 450 g/mol. The van der Waals surface area contributed by atoms with Crippen molar-refractivity contribution in [2.45, 2.75) is 25.0 Å². The van der Waals surface area contributed by atoms with Gasteiger partial charge in [-0.1, -0.05) is 59.8 Å². The van der Waals surface area contributed by atoms with Gasteiger partial charge in [0.15, 0.2) is 5.16 Å². The van der Waals surface area contributed by atoms with Crippen LogP contribution >= 0.6 is 34.7 Å². The summed E-state index contributed by atoms with van der Waals surface area (Å²) in [5.41, 5.74) is 3.33. The van der Waals surface area contributed by atoms with Crippen LogP contribution in [0.4, 0.5) is 5.69 Å². The molecule has 0 saturated heterocycles. The quantitative estimate of drug-likeness (QED) is 0.291. The second kappa shape index (κ2) is 9.68. The van der Waals surface area contributed by atoms with Gasteiger partial charge in [-0.2, -0.15) is 0 Å². The number of aryl methyl sites for hydroxylation is 2. The summed E-state index contributed by atoms with van der Waals surface area (Å²) in [6.07, 6.45) is 0.706. The van der Waals surface area contributed by atoms with Crippen molar-refractivity contribution in [3.63, 3.8) is 0 Å². The molecule has 1 amide bonds. The molecule has 0 aliphatic heterocycles. The maximum Gasteiger partial charge on any atom is 0.272 e. The average Bonchev–Trinajstić information content (AvgIpc) is 3.23. The van der Waals surface area contributed by atoms with Gasteiger partial charge in [0.2, 0.25) is 5.91 Å². The van der Waals surface area contributed by atoms with Gasteiger partial charge in [-0.25, -0.2) is 4.98 Å². The number of hydrogen-bond donors (Lipinski definition) is 1. The van der Waals surface area contributed by atoms with E-state index in [1.165, 1.54) is 23.1 Å². The summed E-state index contributed by atoms with van der Waals surface area (Å²) in [7, 11) is 0. The normalized spacial score (nSPS) is 11.0. The minimum atomic E-state index is -0.204. The number of nitrogens with zero attached hydrogens (tertiary/aromatic N) is 2. The maximum atomic E-state index is 13.0. The van der Waals surface area contributed by atoms with E-state index in [4.69, 9.17) is 11.6 Å². The highest BCUT2D eigenvalue weighted by Crippen LogP contribution is 2.24. The molecule has 0 atom stereocenters. The fourth-order valence-electron chi connectivity index (χ4n) is 3.15. The lowest BCUT2D eigenvalue weighted by Crippen LogP contribution is -2.24. The predicted octanol–water partition coefficient (Wildman–Crippen LogP) is 5.39. The first-order chi connectivity index (χ1) is 15.0. The second-order valence-electron chi connectivity index (χ2n) is 7.04. The van der Waals surface area contributed by atoms with Crippen LogP contribution in [0.2, 0.25) is 5.02 Å². The molecule has 2 aromatic heterocycles. The molecule has 0 radical (unpaired) electrons. The molecule has 31 heavy (non-hydrogen) atoms.